The van der Waals surface area contributed by atoms with Crippen molar-refractivity contribution in [2.75, 3.05) is 0 Å². The summed E-state index contributed by atoms with van der Waals surface area (Å²) >= 11 is 0. The van der Waals surface area contributed by atoms with Crippen LogP contribution in [0.2, 0.25) is 0 Å². The first-order chi connectivity index (χ1) is 11.9. The topological polar surface area (TPSA) is 63.6 Å². The molecule has 0 radical (unpaired) electrons. The van der Waals surface area contributed by atoms with Gasteiger partial charge in [0.05, 0.1) is 0 Å². The molecular weight excluding hydrogens is 316 g/mol. The third-order valence-corrected chi connectivity index (χ3v) is 6.18. The predicted octanol–water partition coefficient (Wildman–Crippen LogP) is 3.96. The van der Waals surface area contributed by atoms with Crippen LogP contribution in [0.4, 0.5) is 0 Å². The van der Waals surface area contributed by atoms with Crippen molar-refractivity contribution in [3.8, 4) is 0 Å². The van der Waals surface area contributed by atoms with Crippen molar-refractivity contribution >= 4 is 11.9 Å². The van der Waals surface area contributed by atoms with Crippen LogP contribution in [0.1, 0.15) is 57.6 Å². The fourth-order valence-electron chi connectivity index (χ4n) is 4.62. The van der Waals surface area contributed by atoms with E-state index in [4.69, 9.17) is 4.74 Å². The van der Waals surface area contributed by atoms with Crippen molar-refractivity contribution in [1.82, 2.24) is 0 Å². The third kappa shape index (κ3) is 3.07. The Hall–Kier alpha value is -1.84. The van der Waals surface area contributed by atoms with Gasteiger partial charge in [-0.2, -0.15) is 0 Å². The first-order valence-corrected chi connectivity index (χ1v) is 9.39. The van der Waals surface area contributed by atoms with Crippen molar-refractivity contribution in [2.24, 2.45) is 17.8 Å². The first kappa shape index (κ1) is 18.0. The molecule has 0 spiro atoms. The van der Waals surface area contributed by atoms with Gasteiger partial charge in [0.1, 0.15) is 6.10 Å². The maximum absolute atomic E-state index is 13.1. The number of carboxylic acid groups (broad SMARTS) is 1. The molecule has 4 atom stereocenters. The van der Waals surface area contributed by atoms with E-state index in [-0.39, 0.29) is 12.5 Å². The van der Waals surface area contributed by atoms with Crippen LogP contribution >= 0.6 is 0 Å². The zero-order valence-corrected chi connectivity index (χ0v) is 15.3. The van der Waals surface area contributed by atoms with Gasteiger partial charge < -0.3 is 9.84 Å². The highest BCUT2D eigenvalue weighted by molar-refractivity contribution is 6.06. The van der Waals surface area contributed by atoms with Gasteiger partial charge in [-0.1, -0.05) is 51.5 Å². The molecule has 0 aromatic heterocycles. The second-order valence-electron chi connectivity index (χ2n) is 8.14. The SMILES string of the molecule is CC(C)[C@@H]1CC[C@@H](C)C[C@H]1OC(=O)[C@@]1(C(=O)O)CCc2ccccc21. The molecule has 0 amide bonds. The number of hydrogen-bond acceptors (Lipinski definition) is 3. The Balaban J connectivity index is 1.89. The number of benzene rings is 1. The Morgan fingerprint density at radius 2 is 1.96 bits per heavy atom. The van der Waals surface area contributed by atoms with Crippen molar-refractivity contribution in [1.29, 1.82) is 0 Å². The lowest BCUT2D eigenvalue weighted by Crippen LogP contribution is -2.47. The molecule has 1 aromatic carbocycles. The van der Waals surface area contributed by atoms with Gasteiger partial charge in [0.2, 0.25) is 0 Å². The standard InChI is InChI=1S/C21H28O4/c1-13(2)16-9-8-14(3)12-18(16)25-20(24)21(19(22)23)11-10-15-6-4-5-7-17(15)21/h4-7,13-14,16,18H,8-12H2,1-3H3,(H,22,23)/t14-,16+,18-,21+/m1/s1. The Kier molecular flexibility index (Phi) is 4.90. The predicted molar refractivity (Wildman–Crippen MR) is 95.3 cm³/mol. The monoisotopic (exact) mass is 344 g/mol. The smallest absolute Gasteiger partial charge is 0.328 e. The summed E-state index contributed by atoms with van der Waals surface area (Å²) in [6.45, 7) is 6.48. The summed E-state index contributed by atoms with van der Waals surface area (Å²) in [5, 5.41) is 9.94. The molecule has 0 unspecified atom stereocenters. The maximum Gasteiger partial charge on any atom is 0.328 e. The molecule has 0 heterocycles. The summed E-state index contributed by atoms with van der Waals surface area (Å²) in [7, 11) is 0. The second-order valence-corrected chi connectivity index (χ2v) is 8.14. The van der Waals surface area contributed by atoms with Crippen LogP contribution in [-0.2, 0) is 26.2 Å². The summed E-state index contributed by atoms with van der Waals surface area (Å²) in [5.41, 5.74) is 0.00968. The number of carbonyl (C=O) groups excluding carboxylic acids is 1. The number of ether oxygens (including phenoxy) is 1. The fraction of sp³-hybridized carbons (Fsp3) is 0.619. The number of carbonyl (C=O) groups is 2. The lowest BCUT2D eigenvalue weighted by Gasteiger charge is -2.38. The number of carboxylic acids is 1. The van der Waals surface area contributed by atoms with Crippen molar-refractivity contribution in [3.05, 3.63) is 35.4 Å². The highest BCUT2D eigenvalue weighted by atomic mass is 16.5. The number of fused-ring (bicyclic) bond motifs is 1. The lowest BCUT2D eigenvalue weighted by atomic mass is 9.75. The molecule has 1 N–H and O–H groups in total. The molecule has 136 valence electrons. The van der Waals surface area contributed by atoms with Crippen molar-refractivity contribution < 1.29 is 19.4 Å². The zero-order valence-electron chi connectivity index (χ0n) is 15.3. The quantitative estimate of drug-likeness (QED) is 0.663. The van der Waals surface area contributed by atoms with E-state index in [0.29, 0.717) is 29.7 Å². The molecule has 2 aliphatic carbocycles. The van der Waals surface area contributed by atoms with E-state index >= 15 is 0 Å². The van der Waals surface area contributed by atoms with E-state index in [0.717, 1.165) is 24.8 Å². The van der Waals surface area contributed by atoms with Crippen molar-refractivity contribution in [3.63, 3.8) is 0 Å². The molecule has 4 heteroatoms. The van der Waals surface area contributed by atoms with Crippen LogP contribution in [-0.4, -0.2) is 23.1 Å². The lowest BCUT2D eigenvalue weighted by molar-refractivity contribution is -0.170. The minimum Gasteiger partial charge on any atom is -0.480 e. The maximum atomic E-state index is 13.1. The average molecular weight is 344 g/mol. The highest BCUT2D eigenvalue weighted by Gasteiger charge is 2.54. The first-order valence-electron chi connectivity index (χ1n) is 9.39. The molecule has 3 rings (SSSR count). The van der Waals surface area contributed by atoms with Crippen LogP contribution < -0.4 is 0 Å². The second kappa shape index (κ2) is 6.81. The van der Waals surface area contributed by atoms with E-state index in [9.17, 15) is 14.7 Å². The molecule has 2 aliphatic rings. The van der Waals surface area contributed by atoms with Gasteiger partial charge in [0.25, 0.3) is 0 Å². The largest absolute Gasteiger partial charge is 0.480 e. The number of rotatable bonds is 4. The van der Waals surface area contributed by atoms with Gasteiger partial charge in [-0.05, 0) is 54.6 Å². The zero-order chi connectivity index (χ0) is 18.2. The van der Waals surface area contributed by atoms with Gasteiger partial charge in [0.15, 0.2) is 5.41 Å². The molecule has 1 fully saturated rings. The van der Waals surface area contributed by atoms with Crippen LogP contribution in [0.5, 0.6) is 0 Å². The summed E-state index contributed by atoms with van der Waals surface area (Å²) in [6, 6.07) is 7.36. The summed E-state index contributed by atoms with van der Waals surface area (Å²) in [5.74, 6) is -0.434. The van der Waals surface area contributed by atoms with Crippen LogP contribution in [0.25, 0.3) is 0 Å². The molecule has 25 heavy (non-hydrogen) atoms. The van der Waals surface area contributed by atoms with Gasteiger partial charge >= 0.3 is 11.9 Å². The Bertz CT molecular complexity index is 666. The van der Waals surface area contributed by atoms with Crippen LogP contribution in [0.15, 0.2) is 24.3 Å². The van der Waals surface area contributed by atoms with E-state index in [1.165, 1.54) is 0 Å². The molecule has 4 nitrogen and oxygen atoms in total. The van der Waals surface area contributed by atoms with Crippen molar-refractivity contribution in [2.45, 2.75) is 64.4 Å². The Labute approximate surface area is 149 Å². The third-order valence-electron chi connectivity index (χ3n) is 6.18. The van der Waals surface area contributed by atoms with Gasteiger partial charge in [-0.3, -0.25) is 9.59 Å². The average Bonchev–Trinajstić information content (AvgIpc) is 2.95. The highest BCUT2D eigenvalue weighted by Crippen LogP contribution is 2.42. The molecule has 1 saturated carbocycles. The number of hydrogen-bond donors (Lipinski definition) is 1. The normalized spacial score (nSPS) is 31.6. The minimum absolute atomic E-state index is 0.180. The molecular formula is C21H28O4. The number of esters is 1. The molecule has 0 aliphatic heterocycles. The number of aliphatic carboxylic acids is 1. The van der Waals surface area contributed by atoms with E-state index in [1.807, 2.05) is 12.1 Å². The van der Waals surface area contributed by atoms with E-state index in [1.54, 1.807) is 12.1 Å². The van der Waals surface area contributed by atoms with E-state index < -0.39 is 17.4 Å². The minimum atomic E-state index is -1.54. The van der Waals surface area contributed by atoms with E-state index in [2.05, 4.69) is 20.8 Å². The molecule has 0 saturated heterocycles. The van der Waals surface area contributed by atoms with Crippen LogP contribution in [0.3, 0.4) is 0 Å². The summed E-state index contributed by atoms with van der Waals surface area (Å²) in [4.78, 5) is 25.3. The fourth-order valence-corrected chi connectivity index (χ4v) is 4.62. The molecule has 1 aromatic rings. The molecule has 0 bridgehead atoms. The summed E-state index contributed by atoms with van der Waals surface area (Å²) < 4.78 is 5.92. The Morgan fingerprint density at radius 3 is 2.64 bits per heavy atom. The van der Waals surface area contributed by atoms with Gasteiger partial charge in [0, 0.05) is 0 Å². The Morgan fingerprint density at radius 1 is 1.24 bits per heavy atom. The number of aryl methyl sites for hydroxylation is 1. The van der Waals surface area contributed by atoms with Crippen LogP contribution in [0, 0.1) is 17.8 Å². The summed E-state index contributed by atoms with van der Waals surface area (Å²) in [6.07, 6.45) is 3.71. The van der Waals surface area contributed by atoms with Gasteiger partial charge in [-0.15, -0.1) is 0 Å². The van der Waals surface area contributed by atoms with Gasteiger partial charge in [-0.25, -0.2) is 0 Å².